The van der Waals surface area contributed by atoms with Gasteiger partial charge in [-0.1, -0.05) is 11.6 Å². The highest BCUT2D eigenvalue weighted by Gasteiger charge is 2.35. The van der Waals surface area contributed by atoms with E-state index >= 15 is 0 Å². The van der Waals surface area contributed by atoms with Gasteiger partial charge in [-0.15, -0.1) is 0 Å². The minimum Gasteiger partial charge on any atom is -0.550 e. The number of hydrogen-bond donors (Lipinski definition) is 0. The van der Waals surface area contributed by atoms with Gasteiger partial charge in [0, 0.05) is 41.4 Å². The summed E-state index contributed by atoms with van der Waals surface area (Å²) in [5.41, 5.74) is 2.60. The van der Waals surface area contributed by atoms with Gasteiger partial charge >= 0.3 is 0 Å². The number of benzene rings is 2. The topological polar surface area (TPSA) is 113 Å². The molecule has 0 spiro atoms. The fourth-order valence-corrected chi connectivity index (χ4v) is 4.27. The van der Waals surface area contributed by atoms with Crippen LogP contribution >= 0.6 is 11.6 Å². The number of amides is 1. The molecule has 2 aromatic carbocycles. The molecule has 1 atom stereocenters. The first kappa shape index (κ1) is 24.3. The Hall–Kier alpha value is -3.85. The van der Waals surface area contributed by atoms with Crippen molar-refractivity contribution in [3.8, 4) is 17.2 Å². The van der Waals surface area contributed by atoms with E-state index in [1.54, 1.807) is 32.4 Å². The number of ether oxygens (including phenoxy) is 3. The van der Waals surface area contributed by atoms with Crippen LogP contribution in [0, 0.1) is 0 Å². The molecule has 3 aromatic rings. The van der Waals surface area contributed by atoms with E-state index in [9.17, 15) is 14.7 Å². The fraction of sp³-hybridized carbons (Fsp3) is 0.280. The second kappa shape index (κ2) is 10.2. The smallest absolute Gasteiger partial charge is 0.243 e. The zero-order chi connectivity index (χ0) is 25.1. The van der Waals surface area contributed by atoms with Crippen molar-refractivity contribution < 1.29 is 28.9 Å². The lowest BCUT2D eigenvalue weighted by Crippen LogP contribution is -2.30. The number of hydrazone groups is 1. The summed E-state index contributed by atoms with van der Waals surface area (Å²) in [6.07, 6.45) is -0.320. The number of carboxylic acids is 1. The maximum Gasteiger partial charge on any atom is 0.243 e. The number of hydrogen-bond acceptors (Lipinski definition) is 8. The summed E-state index contributed by atoms with van der Waals surface area (Å²) < 4.78 is 16.0. The van der Waals surface area contributed by atoms with Crippen molar-refractivity contribution in [2.75, 3.05) is 21.3 Å². The summed E-state index contributed by atoms with van der Waals surface area (Å²) in [7, 11) is 4.65. The van der Waals surface area contributed by atoms with Crippen LogP contribution in [0.25, 0.3) is 10.9 Å². The minimum absolute atomic E-state index is 0.220. The fourth-order valence-electron chi connectivity index (χ4n) is 4.00. The van der Waals surface area contributed by atoms with E-state index in [0.29, 0.717) is 40.5 Å². The number of nitrogens with zero attached hydrogens (tertiary/aromatic N) is 3. The highest BCUT2D eigenvalue weighted by molar-refractivity contribution is 6.30. The van der Waals surface area contributed by atoms with Gasteiger partial charge in [0.25, 0.3) is 0 Å². The molecule has 0 N–H and O–H groups in total. The van der Waals surface area contributed by atoms with Gasteiger partial charge in [-0.25, -0.2) is 9.99 Å². The number of halogens is 1. The van der Waals surface area contributed by atoms with E-state index in [0.717, 1.165) is 10.9 Å². The van der Waals surface area contributed by atoms with E-state index in [1.807, 2.05) is 24.3 Å². The number of carboxylic acid groups (broad SMARTS) is 1. The average Bonchev–Trinajstić information content (AvgIpc) is 3.31. The van der Waals surface area contributed by atoms with Crippen molar-refractivity contribution >= 4 is 40.1 Å². The van der Waals surface area contributed by atoms with Crippen LogP contribution < -0.4 is 19.3 Å². The molecule has 0 unspecified atom stereocenters. The maximum atomic E-state index is 13.0. The summed E-state index contributed by atoms with van der Waals surface area (Å²) in [6, 6.07) is 12.1. The highest BCUT2D eigenvalue weighted by Crippen LogP contribution is 2.39. The lowest BCUT2D eigenvalue weighted by Gasteiger charge is -2.23. The number of aromatic nitrogens is 1. The molecule has 182 valence electrons. The molecule has 2 heterocycles. The quantitative estimate of drug-likeness (QED) is 0.440. The Morgan fingerprint density at radius 2 is 1.80 bits per heavy atom. The predicted molar refractivity (Wildman–Crippen MR) is 128 cm³/mol. The van der Waals surface area contributed by atoms with Crippen LogP contribution in [0.1, 0.15) is 36.4 Å². The van der Waals surface area contributed by atoms with E-state index in [-0.39, 0.29) is 11.6 Å². The van der Waals surface area contributed by atoms with Crippen molar-refractivity contribution in [3.63, 3.8) is 0 Å². The summed E-state index contributed by atoms with van der Waals surface area (Å²) in [5.74, 6) is -0.0400. The Bertz CT molecular complexity index is 1330. The van der Waals surface area contributed by atoms with Gasteiger partial charge in [-0.2, -0.15) is 5.10 Å². The minimum atomic E-state index is -1.31. The third kappa shape index (κ3) is 5.00. The number of aliphatic carboxylic acids is 1. The van der Waals surface area contributed by atoms with Crippen LogP contribution in [0.5, 0.6) is 17.2 Å². The van der Waals surface area contributed by atoms with Crippen molar-refractivity contribution in [1.82, 2.24) is 9.99 Å². The monoisotopic (exact) mass is 496 g/mol. The van der Waals surface area contributed by atoms with Crippen molar-refractivity contribution in [1.29, 1.82) is 0 Å². The first-order chi connectivity index (χ1) is 16.8. The number of methoxy groups -OCH3 is 3. The summed E-state index contributed by atoms with van der Waals surface area (Å²) in [6.45, 7) is 0. The largest absolute Gasteiger partial charge is 0.550 e. The number of fused-ring (bicyclic) bond motifs is 1. The SMILES string of the molecule is COc1ccc2cc([C@@H]3CC(c4ccc(OC)c(OC)c4)=NN3C(=O)CCC(=O)[O-])c(Cl)nc2c1. The Balaban J connectivity index is 1.75. The van der Waals surface area contributed by atoms with Gasteiger partial charge < -0.3 is 24.1 Å². The molecule has 0 aliphatic carbocycles. The first-order valence-electron chi connectivity index (χ1n) is 10.8. The van der Waals surface area contributed by atoms with Gasteiger partial charge in [-0.05, 0) is 42.8 Å². The summed E-state index contributed by atoms with van der Waals surface area (Å²) in [4.78, 5) is 28.5. The van der Waals surface area contributed by atoms with E-state index in [2.05, 4.69) is 10.1 Å². The molecule has 0 saturated heterocycles. The van der Waals surface area contributed by atoms with Crippen molar-refractivity contribution in [3.05, 3.63) is 58.7 Å². The van der Waals surface area contributed by atoms with Crippen molar-refractivity contribution in [2.24, 2.45) is 5.10 Å². The van der Waals surface area contributed by atoms with Crippen LogP contribution in [0.2, 0.25) is 5.15 Å². The maximum absolute atomic E-state index is 13.0. The van der Waals surface area contributed by atoms with Crippen LogP contribution in [-0.2, 0) is 9.59 Å². The molecule has 0 fully saturated rings. The molecule has 0 bridgehead atoms. The van der Waals surface area contributed by atoms with Gasteiger partial charge in [-0.3, -0.25) is 4.79 Å². The Morgan fingerprint density at radius 3 is 2.49 bits per heavy atom. The van der Waals surface area contributed by atoms with Gasteiger partial charge in [0.1, 0.15) is 10.9 Å². The number of pyridine rings is 1. The van der Waals surface area contributed by atoms with E-state index in [1.165, 1.54) is 12.1 Å². The third-order valence-corrected chi connectivity index (χ3v) is 6.09. The second-order valence-electron chi connectivity index (χ2n) is 7.87. The molecule has 1 aromatic heterocycles. The lowest BCUT2D eigenvalue weighted by atomic mass is 9.98. The molecule has 10 heteroatoms. The summed E-state index contributed by atoms with van der Waals surface area (Å²) >= 11 is 6.58. The molecule has 9 nitrogen and oxygen atoms in total. The van der Waals surface area contributed by atoms with Gasteiger partial charge in [0.15, 0.2) is 11.5 Å². The average molecular weight is 497 g/mol. The Morgan fingerprint density at radius 1 is 1.03 bits per heavy atom. The summed E-state index contributed by atoms with van der Waals surface area (Å²) in [5, 5.41) is 17.8. The molecular weight excluding hydrogens is 474 g/mol. The molecule has 4 rings (SSSR count). The highest BCUT2D eigenvalue weighted by atomic mass is 35.5. The van der Waals surface area contributed by atoms with Crippen LogP contribution in [-0.4, -0.2) is 48.9 Å². The number of rotatable bonds is 8. The van der Waals surface area contributed by atoms with E-state index < -0.39 is 24.3 Å². The normalized spacial score (nSPS) is 15.1. The lowest BCUT2D eigenvalue weighted by molar-refractivity contribution is -0.305. The predicted octanol–water partition coefficient (Wildman–Crippen LogP) is 3.12. The number of carbonyl (C=O) groups excluding carboxylic acids is 2. The van der Waals surface area contributed by atoms with Crippen LogP contribution in [0.4, 0.5) is 0 Å². The van der Waals surface area contributed by atoms with Gasteiger partial charge in [0.2, 0.25) is 5.91 Å². The molecule has 1 aliphatic heterocycles. The van der Waals surface area contributed by atoms with Crippen molar-refractivity contribution in [2.45, 2.75) is 25.3 Å². The second-order valence-corrected chi connectivity index (χ2v) is 8.23. The van der Waals surface area contributed by atoms with E-state index in [4.69, 9.17) is 25.8 Å². The van der Waals surface area contributed by atoms with Gasteiger partial charge in [0.05, 0.1) is 38.6 Å². The third-order valence-electron chi connectivity index (χ3n) is 5.79. The zero-order valence-corrected chi connectivity index (χ0v) is 20.2. The Labute approximate surface area is 206 Å². The number of carbonyl (C=O) groups is 2. The van der Waals surface area contributed by atoms with Crippen LogP contribution in [0.15, 0.2) is 47.6 Å². The Kier molecular flexibility index (Phi) is 7.07. The molecule has 0 saturated carbocycles. The molecule has 1 aliphatic rings. The van der Waals surface area contributed by atoms with Crippen LogP contribution in [0.3, 0.4) is 0 Å². The molecule has 0 radical (unpaired) electrons. The first-order valence-corrected chi connectivity index (χ1v) is 11.2. The molecular formula is C25H23ClN3O6-. The zero-order valence-electron chi connectivity index (χ0n) is 19.4. The standard InChI is InChI=1S/C25H24ClN3O6/c1-33-16-6-4-14-10-17(25(26)27-18(14)12-16)20-13-19(28-29(20)23(30)8-9-24(31)32)15-5-7-21(34-2)22(11-15)35-3/h4-7,10-12,20H,8-9,13H2,1-3H3,(H,31,32)/p-1/t20-/m0/s1. The molecule has 1 amide bonds. The molecule has 35 heavy (non-hydrogen) atoms.